The van der Waals surface area contributed by atoms with Gasteiger partial charge in [-0.05, 0) is 92.0 Å². The molecule has 0 N–H and O–H groups in total. The SMILES string of the molecule is CCCc1cc2c(cc1C)-c1cc3c(cc1C2(C)C)C3(CCC)B1OC(C)(C)C(C)(C)O1. The summed E-state index contributed by atoms with van der Waals surface area (Å²) in [5.41, 5.74) is 11.0. The molecule has 1 unspecified atom stereocenters. The first kappa shape index (κ1) is 22.2. The molecule has 0 amide bonds. The van der Waals surface area contributed by atoms with Crippen LogP contribution in [0.3, 0.4) is 0 Å². The van der Waals surface area contributed by atoms with E-state index in [-0.39, 0.29) is 29.0 Å². The third kappa shape index (κ3) is 2.73. The van der Waals surface area contributed by atoms with Crippen LogP contribution < -0.4 is 0 Å². The van der Waals surface area contributed by atoms with Crippen LogP contribution in [-0.4, -0.2) is 18.3 Å². The maximum Gasteiger partial charge on any atom is 0.473 e. The largest absolute Gasteiger partial charge is 0.473 e. The first-order valence-electron chi connectivity index (χ1n) is 12.6. The molecule has 1 atom stereocenters. The summed E-state index contributed by atoms with van der Waals surface area (Å²) in [6.45, 7) is 20.3. The van der Waals surface area contributed by atoms with Crippen LogP contribution in [0.5, 0.6) is 0 Å². The molecule has 1 saturated heterocycles. The minimum Gasteiger partial charge on any atom is -0.402 e. The van der Waals surface area contributed by atoms with E-state index in [0.717, 1.165) is 19.3 Å². The highest BCUT2D eigenvalue weighted by molar-refractivity contribution is 6.53. The molecule has 1 aliphatic heterocycles. The van der Waals surface area contributed by atoms with Crippen molar-refractivity contribution in [2.45, 2.75) is 110 Å². The van der Waals surface area contributed by atoms with Gasteiger partial charge in [-0.15, -0.1) is 0 Å². The average molecular weight is 430 g/mol. The Hall–Kier alpha value is -1.58. The highest BCUT2D eigenvalue weighted by Crippen LogP contribution is 2.62. The molecular weight excluding hydrogens is 391 g/mol. The lowest BCUT2D eigenvalue weighted by atomic mass is 9.62. The van der Waals surface area contributed by atoms with Gasteiger partial charge in [0.2, 0.25) is 0 Å². The molecule has 1 fully saturated rings. The number of hydrogen-bond acceptors (Lipinski definition) is 2. The minimum absolute atomic E-state index is 0.0202. The highest BCUT2D eigenvalue weighted by atomic mass is 16.7. The first-order valence-corrected chi connectivity index (χ1v) is 12.6. The molecule has 2 aromatic carbocycles. The van der Waals surface area contributed by atoms with Crippen molar-refractivity contribution in [3.63, 3.8) is 0 Å². The zero-order valence-corrected chi connectivity index (χ0v) is 21.5. The predicted octanol–water partition coefficient (Wildman–Crippen LogP) is 7.28. The summed E-state index contributed by atoms with van der Waals surface area (Å²) < 4.78 is 13.2. The van der Waals surface area contributed by atoms with Gasteiger partial charge in [0, 0.05) is 5.41 Å². The fourth-order valence-electron chi connectivity index (χ4n) is 6.23. The van der Waals surface area contributed by atoms with Crippen LogP contribution in [0.15, 0.2) is 24.3 Å². The molecule has 0 aromatic heterocycles. The van der Waals surface area contributed by atoms with E-state index in [2.05, 4.69) is 86.6 Å². The van der Waals surface area contributed by atoms with E-state index in [1.807, 2.05) is 0 Å². The van der Waals surface area contributed by atoms with Crippen molar-refractivity contribution >= 4 is 7.12 Å². The molecule has 2 nitrogen and oxygen atoms in total. The van der Waals surface area contributed by atoms with Gasteiger partial charge >= 0.3 is 7.12 Å². The third-order valence-corrected chi connectivity index (χ3v) is 8.99. The maximum absolute atomic E-state index is 6.62. The molecule has 2 aliphatic carbocycles. The van der Waals surface area contributed by atoms with E-state index in [9.17, 15) is 0 Å². The second-order valence-corrected chi connectivity index (χ2v) is 12.0. The van der Waals surface area contributed by atoms with E-state index in [0.29, 0.717) is 0 Å². The molecule has 0 radical (unpaired) electrons. The zero-order chi connectivity index (χ0) is 23.3. The summed E-state index contributed by atoms with van der Waals surface area (Å²) in [6, 6.07) is 9.92. The Morgan fingerprint density at radius 1 is 0.719 bits per heavy atom. The second kappa shape index (κ2) is 6.73. The number of fused-ring (bicyclic) bond motifs is 4. The molecule has 5 rings (SSSR count). The third-order valence-electron chi connectivity index (χ3n) is 8.99. The molecule has 1 heterocycles. The smallest absolute Gasteiger partial charge is 0.402 e. The summed E-state index contributed by atoms with van der Waals surface area (Å²) in [4.78, 5) is 0. The van der Waals surface area contributed by atoms with Crippen LogP contribution in [0, 0.1) is 6.92 Å². The van der Waals surface area contributed by atoms with Crippen LogP contribution in [0.1, 0.15) is 108 Å². The summed E-state index contributed by atoms with van der Waals surface area (Å²) in [5, 5.41) is -0.0996. The van der Waals surface area contributed by atoms with Gasteiger partial charge < -0.3 is 9.31 Å². The molecule has 0 bridgehead atoms. The Morgan fingerprint density at radius 3 is 1.88 bits per heavy atom. The van der Waals surface area contributed by atoms with Crippen LogP contribution in [0.2, 0.25) is 0 Å². The van der Waals surface area contributed by atoms with Gasteiger partial charge in [-0.3, -0.25) is 0 Å². The Morgan fingerprint density at radius 2 is 1.28 bits per heavy atom. The van der Waals surface area contributed by atoms with Crippen LogP contribution in [0.25, 0.3) is 11.1 Å². The molecule has 3 heteroatoms. The molecule has 32 heavy (non-hydrogen) atoms. The van der Waals surface area contributed by atoms with Crippen molar-refractivity contribution in [1.29, 1.82) is 0 Å². The lowest BCUT2D eigenvalue weighted by Crippen LogP contribution is -2.41. The molecule has 0 spiro atoms. The molecule has 0 saturated carbocycles. The second-order valence-electron chi connectivity index (χ2n) is 12.0. The zero-order valence-electron chi connectivity index (χ0n) is 21.5. The van der Waals surface area contributed by atoms with Crippen molar-refractivity contribution in [1.82, 2.24) is 0 Å². The van der Waals surface area contributed by atoms with Crippen molar-refractivity contribution in [3.8, 4) is 11.1 Å². The Kier molecular flexibility index (Phi) is 4.68. The van der Waals surface area contributed by atoms with Gasteiger partial charge in [-0.1, -0.05) is 64.8 Å². The van der Waals surface area contributed by atoms with Gasteiger partial charge in [0.1, 0.15) is 0 Å². The van der Waals surface area contributed by atoms with Crippen molar-refractivity contribution < 1.29 is 9.31 Å². The lowest BCUT2D eigenvalue weighted by molar-refractivity contribution is 0.00578. The molecule has 3 aliphatic rings. The summed E-state index contributed by atoms with van der Waals surface area (Å²) in [7, 11) is -0.207. The summed E-state index contributed by atoms with van der Waals surface area (Å²) in [5.74, 6) is 0. The van der Waals surface area contributed by atoms with Gasteiger partial charge in [-0.2, -0.15) is 0 Å². The highest BCUT2D eigenvalue weighted by Gasteiger charge is 2.67. The molecular formula is C29H39BO2. The first-order chi connectivity index (χ1) is 14.9. The quantitative estimate of drug-likeness (QED) is 0.464. The normalized spacial score (nSPS) is 25.5. The van der Waals surface area contributed by atoms with Crippen molar-refractivity contribution in [2.75, 3.05) is 0 Å². The van der Waals surface area contributed by atoms with E-state index in [1.165, 1.54) is 50.9 Å². The lowest BCUT2D eigenvalue weighted by Gasteiger charge is -2.32. The fraction of sp³-hybridized carbons (Fsp3) is 0.586. The number of hydrogen-bond donors (Lipinski definition) is 0. The molecule has 170 valence electrons. The topological polar surface area (TPSA) is 18.5 Å². The van der Waals surface area contributed by atoms with Crippen LogP contribution >= 0.6 is 0 Å². The van der Waals surface area contributed by atoms with Crippen LogP contribution in [-0.2, 0) is 26.5 Å². The number of aryl methyl sites for hydroxylation is 2. The van der Waals surface area contributed by atoms with Crippen molar-refractivity contribution in [3.05, 3.63) is 57.6 Å². The van der Waals surface area contributed by atoms with E-state index >= 15 is 0 Å². The Labute approximate surface area is 195 Å². The Bertz CT molecular complexity index is 1090. The average Bonchev–Trinajstić information content (AvgIpc) is 3.19. The summed E-state index contributed by atoms with van der Waals surface area (Å²) in [6.07, 6.45) is 4.53. The summed E-state index contributed by atoms with van der Waals surface area (Å²) >= 11 is 0. The Balaban J connectivity index is 1.62. The molecule has 2 aromatic rings. The van der Waals surface area contributed by atoms with E-state index in [4.69, 9.17) is 9.31 Å². The van der Waals surface area contributed by atoms with Gasteiger partial charge in [0.25, 0.3) is 0 Å². The van der Waals surface area contributed by atoms with Gasteiger partial charge in [0.05, 0.1) is 16.5 Å². The minimum atomic E-state index is -0.305. The maximum atomic E-state index is 6.62. The van der Waals surface area contributed by atoms with E-state index < -0.39 is 0 Å². The van der Waals surface area contributed by atoms with Gasteiger partial charge in [0.15, 0.2) is 0 Å². The van der Waals surface area contributed by atoms with Crippen LogP contribution in [0.4, 0.5) is 0 Å². The number of benzene rings is 2. The van der Waals surface area contributed by atoms with Crippen molar-refractivity contribution in [2.24, 2.45) is 0 Å². The monoisotopic (exact) mass is 430 g/mol. The number of rotatable bonds is 5. The van der Waals surface area contributed by atoms with E-state index in [1.54, 1.807) is 0 Å². The van der Waals surface area contributed by atoms with Gasteiger partial charge in [-0.25, -0.2) is 0 Å². The fourth-order valence-corrected chi connectivity index (χ4v) is 6.23. The predicted molar refractivity (Wildman–Crippen MR) is 135 cm³/mol. The standard InChI is InChI=1S/C29H39BO2/c1-10-12-19-15-22-20(14-18(19)3)21-16-24-25(17-23(21)26(22,4)5)29(24,13-11-2)30-31-27(6,7)28(8,9)32-30/h14-17H,10-13H2,1-9H3.